The third-order valence-corrected chi connectivity index (χ3v) is 2.35. The third kappa shape index (κ3) is 1.97. The van der Waals surface area contributed by atoms with Gasteiger partial charge in [-0.05, 0) is 0 Å². The molecule has 2 aromatic rings. The second kappa shape index (κ2) is 4.36. The number of allylic oxidation sites excluding steroid dienone is 1. The lowest BCUT2D eigenvalue weighted by Crippen LogP contribution is -2.08. The molecule has 0 bridgehead atoms. The third-order valence-electron chi connectivity index (χ3n) is 2.35. The number of aromatic nitrogens is 3. The normalized spacial score (nSPS) is 11.8. The zero-order chi connectivity index (χ0) is 13.3. The Morgan fingerprint density at radius 1 is 1.61 bits per heavy atom. The summed E-state index contributed by atoms with van der Waals surface area (Å²) in [6.07, 6.45) is 4.39. The smallest absolute Gasteiger partial charge is 0.254 e. The molecule has 7 nitrogen and oxygen atoms in total. The molecule has 0 spiro atoms. The van der Waals surface area contributed by atoms with Crippen LogP contribution in [0.25, 0.3) is 11.2 Å². The quantitative estimate of drug-likeness (QED) is 0.678. The zero-order valence-corrected chi connectivity index (χ0v) is 10.0. The first-order chi connectivity index (χ1) is 8.52. The maximum Gasteiger partial charge on any atom is 0.254 e. The number of aromatic hydroxyl groups is 1. The number of fused-ring (bicyclic) bond motifs is 1. The van der Waals surface area contributed by atoms with Crippen LogP contribution in [0.1, 0.15) is 5.56 Å². The molecule has 2 heterocycles. The Morgan fingerprint density at radius 3 is 2.94 bits per heavy atom. The van der Waals surface area contributed by atoms with Crippen molar-refractivity contribution in [1.29, 1.82) is 5.41 Å². The molecule has 0 saturated carbocycles. The summed E-state index contributed by atoms with van der Waals surface area (Å²) in [6.45, 7) is 0. The van der Waals surface area contributed by atoms with Crippen LogP contribution >= 0.6 is 0 Å². The van der Waals surface area contributed by atoms with E-state index in [2.05, 4.69) is 10.1 Å². The molecule has 0 aliphatic rings. The molecule has 0 radical (unpaired) electrons. The summed E-state index contributed by atoms with van der Waals surface area (Å²) in [7, 11) is 3.66. The first-order valence-electron chi connectivity index (χ1n) is 5.22. The Hall–Kier alpha value is -2.57. The van der Waals surface area contributed by atoms with Crippen molar-refractivity contribution in [2.24, 2.45) is 0 Å². The van der Waals surface area contributed by atoms with E-state index in [0.717, 1.165) is 6.07 Å². The molecule has 0 aromatic carbocycles. The number of aromatic amines is 1. The molecule has 0 atom stereocenters. The van der Waals surface area contributed by atoms with Gasteiger partial charge in [0.25, 0.3) is 5.56 Å². The molecule has 94 valence electrons. The van der Waals surface area contributed by atoms with Gasteiger partial charge in [-0.1, -0.05) is 0 Å². The lowest BCUT2D eigenvalue weighted by molar-refractivity contribution is 0.434. The van der Waals surface area contributed by atoms with E-state index >= 15 is 0 Å². The van der Waals surface area contributed by atoms with Crippen molar-refractivity contribution in [3.63, 3.8) is 0 Å². The van der Waals surface area contributed by atoms with E-state index in [1.54, 1.807) is 11.1 Å². The Balaban J connectivity index is 2.72. The van der Waals surface area contributed by atoms with Crippen molar-refractivity contribution in [2.75, 3.05) is 14.1 Å². The molecule has 2 rings (SSSR count). The van der Waals surface area contributed by atoms with E-state index < -0.39 is 5.56 Å². The summed E-state index contributed by atoms with van der Waals surface area (Å²) < 4.78 is 1.21. The maximum atomic E-state index is 11.3. The van der Waals surface area contributed by atoms with Gasteiger partial charge in [-0.25, -0.2) is 0 Å². The average Bonchev–Trinajstić information content (AvgIpc) is 2.69. The van der Waals surface area contributed by atoms with Crippen LogP contribution < -0.4 is 5.56 Å². The molecular formula is C11H13N5O2. The fraction of sp³-hybridized carbons (Fsp3) is 0.182. The summed E-state index contributed by atoms with van der Waals surface area (Å²) in [6, 6.07) is 1.05. The monoisotopic (exact) mass is 247 g/mol. The number of nitrogens with one attached hydrogen (secondary N) is 2. The van der Waals surface area contributed by atoms with Crippen LogP contribution in [0.2, 0.25) is 0 Å². The summed E-state index contributed by atoms with van der Waals surface area (Å²) in [5.74, 6) is -0.241. The van der Waals surface area contributed by atoms with Gasteiger partial charge in [-0.3, -0.25) is 4.79 Å². The van der Waals surface area contributed by atoms with Crippen LogP contribution in [-0.2, 0) is 0 Å². The van der Waals surface area contributed by atoms with Gasteiger partial charge in [0.1, 0.15) is 5.65 Å². The van der Waals surface area contributed by atoms with Crippen molar-refractivity contribution >= 4 is 17.4 Å². The molecule has 0 aliphatic carbocycles. The van der Waals surface area contributed by atoms with Crippen molar-refractivity contribution in [3.8, 4) is 5.88 Å². The van der Waals surface area contributed by atoms with Crippen LogP contribution in [0.5, 0.6) is 5.88 Å². The van der Waals surface area contributed by atoms with Crippen LogP contribution in [-0.4, -0.2) is 44.9 Å². The average molecular weight is 247 g/mol. The lowest BCUT2D eigenvalue weighted by Gasteiger charge is -2.07. The SMILES string of the molecule is CN(C)/C=C(\C=N)c1cnn2c(O)cc(=O)[nH]c12. The van der Waals surface area contributed by atoms with Crippen LogP contribution in [0.3, 0.4) is 0 Å². The molecule has 2 aromatic heterocycles. The molecule has 0 fully saturated rings. The van der Waals surface area contributed by atoms with E-state index in [1.807, 2.05) is 14.1 Å². The maximum absolute atomic E-state index is 11.3. The largest absolute Gasteiger partial charge is 0.493 e. The Bertz CT molecular complexity index is 680. The number of hydrogen-bond acceptors (Lipinski definition) is 5. The zero-order valence-electron chi connectivity index (χ0n) is 10.0. The second-order valence-electron chi connectivity index (χ2n) is 4.00. The van der Waals surface area contributed by atoms with E-state index in [-0.39, 0.29) is 5.88 Å². The van der Waals surface area contributed by atoms with Crippen LogP contribution in [0.4, 0.5) is 0 Å². The Labute approximate surface area is 102 Å². The minimum Gasteiger partial charge on any atom is -0.493 e. The number of rotatable bonds is 3. The van der Waals surface area contributed by atoms with Gasteiger partial charge >= 0.3 is 0 Å². The van der Waals surface area contributed by atoms with Gasteiger partial charge in [-0.15, -0.1) is 0 Å². The molecule has 0 unspecified atom stereocenters. The van der Waals surface area contributed by atoms with Crippen LogP contribution in [0.15, 0.2) is 23.3 Å². The highest BCUT2D eigenvalue weighted by molar-refractivity contribution is 6.10. The van der Waals surface area contributed by atoms with Gasteiger partial charge in [0.2, 0.25) is 5.88 Å². The van der Waals surface area contributed by atoms with E-state index in [0.29, 0.717) is 16.8 Å². The van der Waals surface area contributed by atoms with E-state index in [9.17, 15) is 9.90 Å². The molecule has 0 aliphatic heterocycles. The first-order valence-corrected chi connectivity index (χ1v) is 5.22. The lowest BCUT2D eigenvalue weighted by atomic mass is 10.1. The first kappa shape index (κ1) is 11.9. The molecule has 0 saturated heterocycles. The standard InChI is InChI=1S/C11H13N5O2/c1-15(2)6-7(4-12)8-5-13-16-10(18)3-9(17)14-11(8)16/h3-6,12,18H,1-2H3,(H,14,17)/b7-6+,12-4?. The highest BCUT2D eigenvalue weighted by Crippen LogP contribution is 2.19. The van der Waals surface area contributed by atoms with Crippen molar-refractivity contribution < 1.29 is 5.11 Å². The molecule has 18 heavy (non-hydrogen) atoms. The summed E-state index contributed by atoms with van der Waals surface area (Å²) >= 11 is 0. The van der Waals surface area contributed by atoms with Crippen LogP contribution in [0, 0.1) is 5.41 Å². The summed E-state index contributed by atoms with van der Waals surface area (Å²) in [5.41, 5.74) is 1.09. The summed E-state index contributed by atoms with van der Waals surface area (Å²) in [5, 5.41) is 21.0. The number of hydrogen-bond donors (Lipinski definition) is 3. The predicted octanol–water partition coefficient (Wildman–Crippen LogP) is 0.280. The minimum atomic E-state index is -0.420. The van der Waals surface area contributed by atoms with Gasteiger partial charge < -0.3 is 20.4 Å². The van der Waals surface area contributed by atoms with Crippen molar-refractivity contribution in [1.82, 2.24) is 19.5 Å². The highest BCUT2D eigenvalue weighted by Gasteiger charge is 2.11. The van der Waals surface area contributed by atoms with Gasteiger partial charge in [0.05, 0.1) is 12.3 Å². The van der Waals surface area contributed by atoms with Crippen molar-refractivity contribution in [3.05, 3.63) is 34.4 Å². The summed E-state index contributed by atoms with van der Waals surface area (Å²) in [4.78, 5) is 15.7. The van der Waals surface area contributed by atoms with E-state index in [1.165, 1.54) is 16.9 Å². The molecule has 7 heteroatoms. The fourth-order valence-electron chi connectivity index (χ4n) is 1.65. The molecular weight excluding hydrogens is 234 g/mol. The Morgan fingerprint density at radius 2 is 2.33 bits per heavy atom. The number of H-pyrrole nitrogens is 1. The van der Waals surface area contributed by atoms with Gasteiger partial charge in [0, 0.05) is 37.6 Å². The van der Waals surface area contributed by atoms with Gasteiger partial charge in [-0.2, -0.15) is 9.61 Å². The van der Waals surface area contributed by atoms with Gasteiger partial charge in [0.15, 0.2) is 0 Å². The Kier molecular flexibility index (Phi) is 2.88. The van der Waals surface area contributed by atoms with Crippen molar-refractivity contribution in [2.45, 2.75) is 0 Å². The molecule has 0 amide bonds. The number of nitrogens with zero attached hydrogens (tertiary/aromatic N) is 3. The second-order valence-corrected chi connectivity index (χ2v) is 4.00. The predicted molar refractivity (Wildman–Crippen MR) is 67.9 cm³/mol. The fourth-order valence-corrected chi connectivity index (χ4v) is 1.65. The minimum absolute atomic E-state index is 0.241. The highest BCUT2D eigenvalue weighted by atomic mass is 16.3. The molecule has 3 N–H and O–H groups in total. The topological polar surface area (TPSA) is 97.5 Å². The van der Waals surface area contributed by atoms with E-state index in [4.69, 9.17) is 5.41 Å².